The fraction of sp³-hybridized carbons (Fsp3) is 0.0476. The zero-order valence-electron chi connectivity index (χ0n) is 14.1. The molecule has 0 radical (unpaired) electrons. The first kappa shape index (κ1) is 18.2. The fourth-order valence-corrected chi connectivity index (χ4v) is 4.23. The first-order chi connectivity index (χ1) is 13.1. The van der Waals surface area contributed by atoms with Crippen LogP contribution in [0.15, 0.2) is 80.5 Å². The van der Waals surface area contributed by atoms with E-state index in [9.17, 15) is 4.79 Å². The lowest BCUT2D eigenvalue weighted by atomic mass is 10.2. The Kier molecular flexibility index (Phi) is 5.29. The third-order valence-electron chi connectivity index (χ3n) is 4.09. The van der Waals surface area contributed by atoms with Crippen LogP contribution in [0.1, 0.15) is 11.3 Å². The summed E-state index contributed by atoms with van der Waals surface area (Å²) in [6, 6.07) is 21.5. The molecule has 6 heteroatoms. The molecule has 1 aliphatic heterocycles. The summed E-state index contributed by atoms with van der Waals surface area (Å²) in [5, 5.41) is 0. The Hall–Kier alpha value is -2.15. The third kappa shape index (κ3) is 4.08. The molecule has 2 heterocycles. The van der Waals surface area contributed by atoms with E-state index >= 15 is 0 Å². The lowest BCUT2D eigenvalue weighted by molar-refractivity contribution is -0.122. The van der Waals surface area contributed by atoms with E-state index < -0.39 is 0 Å². The van der Waals surface area contributed by atoms with Crippen LogP contribution < -0.4 is 0 Å². The summed E-state index contributed by atoms with van der Waals surface area (Å²) in [6.45, 7) is 0.477. The second kappa shape index (κ2) is 7.84. The van der Waals surface area contributed by atoms with Crippen molar-refractivity contribution in [2.24, 2.45) is 0 Å². The quantitative estimate of drug-likeness (QED) is 0.350. The average Bonchev–Trinajstić information content (AvgIpc) is 3.24. The maximum absolute atomic E-state index is 12.7. The van der Waals surface area contributed by atoms with Gasteiger partial charge in [0, 0.05) is 16.1 Å². The molecule has 0 bridgehead atoms. The minimum atomic E-state index is -0.0876. The highest BCUT2D eigenvalue weighted by molar-refractivity contribution is 9.10. The highest BCUT2D eigenvalue weighted by Crippen LogP contribution is 2.34. The van der Waals surface area contributed by atoms with Gasteiger partial charge in [0.05, 0.1) is 11.4 Å². The molecule has 2 aromatic carbocycles. The van der Waals surface area contributed by atoms with Crippen molar-refractivity contribution < 1.29 is 9.21 Å². The summed E-state index contributed by atoms with van der Waals surface area (Å²) in [7, 11) is 0. The van der Waals surface area contributed by atoms with E-state index in [0.717, 1.165) is 21.4 Å². The molecule has 1 saturated heterocycles. The Morgan fingerprint density at radius 2 is 1.78 bits per heavy atom. The standard InChI is InChI=1S/C21H14BrNO2S2/c22-16-8-6-15(7-9-16)18-11-10-17(25-18)12-19-20(24)23(21(26)27-19)13-14-4-2-1-3-5-14/h1-12H,13H2. The van der Waals surface area contributed by atoms with Gasteiger partial charge < -0.3 is 4.42 Å². The van der Waals surface area contributed by atoms with Crippen LogP contribution in [0.5, 0.6) is 0 Å². The monoisotopic (exact) mass is 455 g/mol. The normalized spacial score (nSPS) is 15.7. The second-order valence-electron chi connectivity index (χ2n) is 5.96. The van der Waals surface area contributed by atoms with Crippen molar-refractivity contribution in [3.63, 3.8) is 0 Å². The van der Waals surface area contributed by atoms with Gasteiger partial charge in [0.25, 0.3) is 5.91 Å². The lowest BCUT2D eigenvalue weighted by Crippen LogP contribution is -2.27. The Bertz CT molecular complexity index is 1030. The van der Waals surface area contributed by atoms with Crippen LogP contribution in [0.2, 0.25) is 0 Å². The Labute approximate surface area is 175 Å². The van der Waals surface area contributed by atoms with Gasteiger partial charge in [-0.15, -0.1) is 0 Å². The molecule has 4 rings (SSSR count). The summed E-state index contributed by atoms with van der Waals surface area (Å²) in [5.74, 6) is 1.30. The molecule has 0 spiro atoms. The molecule has 134 valence electrons. The molecule has 0 saturated carbocycles. The molecule has 3 aromatic rings. The molecule has 0 N–H and O–H groups in total. The highest BCUT2D eigenvalue weighted by Gasteiger charge is 2.32. The predicted molar refractivity (Wildman–Crippen MR) is 117 cm³/mol. The van der Waals surface area contributed by atoms with Gasteiger partial charge >= 0.3 is 0 Å². The fourth-order valence-electron chi connectivity index (χ4n) is 2.73. The third-order valence-corrected chi connectivity index (χ3v) is 5.99. The van der Waals surface area contributed by atoms with E-state index in [0.29, 0.717) is 21.5 Å². The number of amides is 1. The largest absolute Gasteiger partial charge is 0.457 e. The number of hydrogen-bond donors (Lipinski definition) is 0. The van der Waals surface area contributed by atoms with E-state index in [2.05, 4.69) is 15.9 Å². The van der Waals surface area contributed by atoms with E-state index in [4.69, 9.17) is 16.6 Å². The molecule has 27 heavy (non-hydrogen) atoms. The number of carbonyl (C=O) groups is 1. The van der Waals surface area contributed by atoms with Gasteiger partial charge in [-0.05, 0) is 29.8 Å². The van der Waals surface area contributed by atoms with Gasteiger partial charge in [-0.25, -0.2) is 0 Å². The number of rotatable bonds is 4. The molecular formula is C21H14BrNO2S2. The molecule has 0 aliphatic carbocycles. The number of nitrogens with zero attached hydrogens (tertiary/aromatic N) is 1. The minimum absolute atomic E-state index is 0.0876. The summed E-state index contributed by atoms with van der Waals surface area (Å²) in [6.07, 6.45) is 1.76. The summed E-state index contributed by atoms with van der Waals surface area (Å²) < 4.78 is 7.47. The van der Waals surface area contributed by atoms with Crippen molar-refractivity contribution in [1.29, 1.82) is 0 Å². The smallest absolute Gasteiger partial charge is 0.266 e. The molecule has 1 aromatic heterocycles. The number of benzene rings is 2. The number of carbonyl (C=O) groups excluding carboxylic acids is 1. The topological polar surface area (TPSA) is 33.5 Å². The van der Waals surface area contributed by atoms with Crippen LogP contribution in [0.3, 0.4) is 0 Å². The highest BCUT2D eigenvalue weighted by atomic mass is 79.9. The number of thioether (sulfide) groups is 1. The van der Waals surface area contributed by atoms with Gasteiger partial charge in [0.2, 0.25) is 0 Å². The maximum atomic E-state index is 12.7. The number of furan rings is 1. The average molecular weight is 456 g/mol. The SMILES string of the molecule is O=C1C(=Cc2ccc(-c3ccc(Br)cc3)o2)SC(=S)N1Cc1ccccc1. The van der Waals surface area contributed by atoms with Gasteiger partial charge in [-0.1, -0.05) is 82.4 Å². The number of thiocarbonyl (C=S) groups is 1. The molecule has 1 aliphatic rings. The Morgan fingerprint density at radius 3 is 2.52 bits per heavy atom. The van der Waals surface area contributed by atoms with Crippen molar-refractivity contribution in [3.05, 3.63) is 87.4 Å². The summed E-state index contributed by atoms with van der Waals surface area (Å²) in [5.41, 5.74) is 2.03. The first-order valence-corrected chi connectivity index (χ1v) is 10.3. The molecular weight excluding hydrogens is 442 g/mol. The zero-order valence-corrected chi connectivity index (χ0v) is 17.3. The molecule has 0 unspecified atom stereocenters. The molecule has 1 amide bonds. The Morgan fingerprint density at radius 1 is 1.04 bits per heavy atom. The molecule has 0 atom stereocenters. The molecule has 1 fully saturated rings. The van der Waals surface area contributed by atoms with Gasteiger partial charge in [-0.2, -0.15) is 0 Å². The minimum Gasteiger partial charge on any atom is -0.457 e. The number of hydrogen-bond acceptors (Lipinski definition) is 4. The van der Waals surface area contributed by atoms with Crippen LogP contribution in [-0.4, -0.2) is 15.1 Å². The van der Waals surface area contributed by atoms with Crippen molar-refractivity contribution in [2.75, 3.05) is 0 Å². The maximum Gasteiger partial charge on any atom is 0.266 e. The zero-order chi connectivity index (χ0) is 18.8. The Balaban J connectivity index is 1.53. The van der Waals surface area contributed by atoms with Crippen molar-refractivity contribution in [2.45, 2.75) is 6.54 Å². The van der Waals surface area contributed by atoms with Crippen LogP contribution in [0.4, 0.5) is 0 Å². The van der Waals surface area contributed by atoms with Crippen molar-refractivity contribution >= 4 is 56.2 Å². The summed E-state index contributed by atoms with van der Waals surface area (Å²) >= 11 is 10.1. The number of halogens is 1. The first-order valence-electron chi connectivity index (χ1n) is 8.25. The van der Waals surface area contributed by atoms with Crippen LogP contribution >= 0.6 is 39.9 Å². The molecule has 3 nitrogen and oxygen atoms in total. The van der Waals surface area contributed by atoms with Crippen LogP contribution in [0, 0.1) is 0 Å². The van der Waals surface area contributed by atoms with Gasteiger partial charge in [0.1, 0.15) is 15.8 Å². The predicted octanol–water partition coefficient (Wildman–Crippen LogP) is 6.11. The van der Waals surface area contributed by atoms with E-state index in [1.54, 1.807) is 11.0 Å². The lowest BCUT2D eigenvalue weighted by Gasteiger charge is -2.14. The van der Waals surface area contributed by atoms with Crippen molar-refractivity contribution in [1.82, 2.24) is 4.90 Å². The van der Waals surface area contributed by atoms with Crippen LogP contribution in [-0.2, 0) is 11.3 Å². The summed E-state index contributed by atoms with van der Waals surface area (Å²) in [4.78, 5) is 14.9. The van der Waals surface area contributed by atoms with E-state index in [-0.39, 0.29) is 5.91 Å². The van der Waals surface area contributed by atoms with E-state index in [1.165, 1.54) is 11.8 Å². The van der Waals surface area contributed by atoms with Gasteiger partial charge in [-0.3, -0.25) is 9.69 Å². The van der Waals surface area contributed by atoms with E-state index in [1.807, 2.05) is 66.7 Å². The van der Waals surface area contributed by atoms with Gasteiger partial charge in [0.15, 0.2) is 0 Å². The van der Waals surface area contributed by atoms with Crippen LogP contribution in [0.25, 0.3) is 17.4 Å². The second-order valence-corrected chi connectivity index (χ2v) is 8.55. The van der Waals surface area contributed by atoms with Crippen molar-refractivity contribution in [3.8, 4) is 11.3 Å².